The maximum atomic E-state index is 13.0. The van der Waals surface area contributed by atoms with Gasteiger partial charge in [0.05, 0.1) is 11.4 Å². The number of aromatic nitrogens is 2. The van der Waals surface area contributed by atoms with E-state index in [0.29, 0.717) is 22.0 Å². The molecule has 0 unspecified atom stereocenters. The van der Waals surface area contributed by atoms with Crippen LogP contribution < -0.4 is 5.43 Å². The fraction of sp³-hybridized carbons (Fsp3) is 0.0556. The van der Waals surface area contributed by atoms with E-state index in [-0.39, 0.29) is 11.5 Å². The van der Waals surface area contributed by atoms with Crippen LogP contribution in [0.3, 0.4) is 0 Å². The van der Waals surface area contributed by atoms with E-state index in [0.717, 1.165) is 5.56 Å². The van der Waals surface area contributed by atoms with Gasteiger partial charge in [-0.2, -0.15) is 10.2 Å². The number of carbonyl (C=O) groups excluding carboxylic acids is 1. The molecule has 0 aliphatic heterocycles. The van der Waals surface area contributed by atoms with E-state index in [1.807, 2.05) is 12.1 Å². The number of H-pyrrole nitrogens is 1. The number of amides is 1. The summed E-state index contributed by atoms with van der Waals surface area (Å²) >= 11 is 5.84. The smallest absolute Gasteiger partial charge is 0.272 e. The number of benzene rings is 2. The van der Waals surface area contributed by atoms with Crippen molar-refractivity contribution in [1.82, 2.24) is 15.6 Å². The molecule has 0 atom stereocenters. The van der Waals surface area contributed by atoms with E-state index in [9.17, 15) is 9.18 Å². The Morgan fingerprint density at radius 2 is 1.84 bits per heavy atom. The van der Waals surface area contributed by atoms with E-state index in [1.165, 1.54) is 12.1 Å². The number of hydrazone groups is 1. The van der Waals surface area contributed by atoms with Crippen molar-refractivity contribution in [2.75, 3.05) is 0 Å². The Balaban J connectivity index is 1.70. The molecule has 0 bridgehead atoms. The lowest BCUT2D eigenvalue weighted by atomic mass is 10.1. The van der Waals surface area contributed by atoms with Crippen molar-refractivity contribution < 1.29 is 9.18 Å². The number of carbonyl (C=O) groups is 1. The fourth-order valence-corrected chi connectivity index (χ4v) is 2.28. The van der Waals surface area contributed by atoms with E-state index < -0.39 is 5.91 Å². The SMILES string of the molecule is C/C(=N\NC(=O)c1cc(-c2ccc(F)cc2)n[nH]1)c1ccc(Cl)cc1. The van der Waals surface area contributed by atoms with E-state index in [2.05, 4.69) is 20.7 Å². The Labute approximate surface area is 148 Å². The highest BCUT2D eigenvalue weighted by Crippen LogP contribution is 2.18. The van der Waals surface area contributed by atoms with Crippen LogP contribution in [0.5, 0.6) is 0 Å². The van der Waals surface area contributed by atoms with Crippen LogP contribution in [0.2, 0.25) is 5.02 Å². The molecule has 1 heterocycles. The van der Waals surface area contributed by atoms with Crippen molar-refractivity contribution in [3.8, 4) is 11.3 Å². The van der Waals surface area contributed by atoms with Crippen LogP contribution in [0.25, 0.3) is 11.3 Å². The summed E-state index contributed by atoms with van der Waals surface area (Å²) in [6, 6.07) is 14.6. The average molecular weight is 357 g/mol. The highest BCUT2D eigenvalue weighted by Gasteiger charge is 2.11. The molecule has 25 heavy (non-hydrogen) atoms. The first-order valence-electron chi connectivity index (χ1n) is 7.45. The molecule has 0 saturated heterocycles. The summed E-state index contributed by atoms with van der Waals surface area (Å²) in [4.78, 5) is 12.2. The van der Waals surface area contributed by atoms with E-state index in [1.54, 1.807) is 37.3 Å². The molecule has 2 N–H and O–H groups in total. The number of halogens is 2. The topological polar surface area (TPSA) is 70.1 Å². The first-order chi connectivity index (χ1) is 12.0. The van der Waals surface area contributed by atoms with Crippen molar-refractivity contribution in [1.29, 1.82) is 0 Å². The zero-order valence-corrected chi connectivity index (χ0v) is 14.0. The molecule has 1 amide bonds. The molecule has 0 spiro atoms. The minimum absolute atomic E-state index is 0.256. The number of nitrogens with one attached hydrogen (secondary N) is 2. The summed E-state index contributed by atoms with van der Waals surface area (Å²) in [6.07, 6.45) is 0. The third-order valence-corrected chi connectivity index (χ3v) is 3.80. The quantitative estimate of drug-likeness (QED) is 0.547. The predicted octanol–water partition coefficient (Wildman–Crippen LogP) is 4.02. The Bertz CT molecular complexity index is 917. The van der Waals surface area contributed by atoms with Gasteiger partial charge in [-0.25, -0.2) is 9.82 Å². The molecule has 126 valence electrons. The van der Waals surface area contributed by atoms with Gasteiger partial charge in [-0.15, -0.1) is 0 Å². The van der Waals surface area contributed by atoms with Crippen LogP contribution in [0.1, 0.15) is 23.0 Å². The minimum Gasteiger partial charge on any atom is -0.272 e. The van der Waals surface area contributed by atoms with Gasteiger partial charge in [0.1, 0.15) is 11.5 Å². The van der Waals surface area contributed by atoms with E-state index in [4.69, 9.17) is 11.6 Å². The monoisotopic (exact) mass is 356 g/mol. The normalized spacial score (nSPS) is 11.4. The standard InChI is InChI=1S/C18H14ClFN4O/c1-11(12-2-6-14(19)7-3-12)21-24-18(25)17-10-16(22-23-17)13-4-8-15(20)9-5-13/h2-10H,1H3,(H,22,23)(H,24,25)/b21-11+. The summed E-state index contributed by atoms with van der Waals surface area (Å²) in [5, 5.41) is 11.4. The first-order valence-corrected chi connectivity index (χ1v) is 7.82. The second kappa shape index (κ2) is 7.27. The van der Waals surface area contributed by atoms with Crippen LogP contribution in [0, 0.1) is 5.82 Å². The molecule has 3 rings (SSSR count). The van der Waals surface area contributed by atoms with Crippen LogP contribution in [0.15, 0.2) is 59.7 Å². The summed E-state index contributed by atoms with van der Waals surface area (Å²) in [7, 11) is 0. The summed E-state index contributed by atoms with van der Waals surface area (Å²) in [5.41, 5.74) is 5.47. The molecule has 2 aromatic carbocycles. The Hall–Kier alpha value is -2.99. The predicted molar refractivity (Wildman–Crippen MR) is 95.1 cm³/mol. The van der Waals surface area contributed by atoms with Gasteiger partial charge in [0, 0.05) is 10.6 Å². The molecule has 0 aliphatic rings. The van der Waals surface area contributed by atoms with Crippen LogP contribution in [-0.2, 0) is 0 Å². The maximum Gasteiger partial charge on any atom is 0.289 e. The number of hydrogen-bond donors (Lipinski definition) is 2. The third kappa shape index (κ3) is 4.10. The molecular weight excluding hydrogens is 343 g/mol. The summed E-state index contributed by atoms with van der Waals surface area (Å²) in [6.45, 7) is 1.78. The molecule has 0 aliphatic carbocycles. The van der Waals surface area contributed by atoms with Gasteiger partial charge < -0.3 is 0 Å². The first kappa shape index (κ1) is 16.9. The summed E-state index contributed by atoms with van der Waals surface area (Å²) < 4.78 is 13.0. The molecule has 5 nitrogen and oxygen atoms in total. The zero-order chi connectivity index (χ0) is 17.8. The van der Waals surface area contributed by atoms with Gasteiger partial charge in [-0.1, -0.05) is 23.7 Å². The lowest BCUT2D eigenvalue weighted by Gasteiger charge is -2.02. The molecule has 0 saturated carbocycles. The Morgan fingerprint density at radius 3 is 2.52 bits per heavy atom. The lowest BCUT2D eigenvalue weighted by molar-refractivity contribution is 0.0950. The van der Waals surface area contributed by atoms with Gasteiger partial charge in [0.25, 0.3) is 5.91 Å². The zero-order valence-electron chi connectivity index (χ0n) is 13.3. The average Bonchev–Trinajstić information content (AvgIpc) is 3.11. The number of aromatic amines is 1. The summed E-state index contributed by atoms with van der Waals surface area (Å²) in [5.74, 6) is -0.751. The van der Waals surface area contributed by atoms with Gasteiger partial charge in [-0.05, 0) is 55.0 Å². The molecule has 0 fully saturated rings. The molecule has 0 radical (unpaired) electrons. The van der Waals surface area contributed by atoms with Crippen molar-refractivity contribution in [2.45, 2.75) is 6.92 Å². The van der Waals surface area contributed by atoms with Crippen molar-refractivity contribution in [3.05, 3.63) is 76.7 Å². The van der Waals surface area contributed by atoms with Gasteiger partial charge >= 0.3 is 0 Å². The van der Waals surface area contributed by atoms with E-state index >= 15 is 0 Å². The van der Waals surface area contributed by atoms with Gasteiger partial charge in [-0.3, -0.25) is 9.89 Å². The minimum atomic E-state index is -0.422. The van der Waals surface area contributed by atoms with Crippen molar-refractivity contribution in [2.24, 2.45) is 5.10 Å². The van der Waals surface area contributed by atoms with Crippen LogP contribution in [0.4, 0.5) is 4.39 Å². The Morgan fingerprint density at radius 1 is 1.16 bits per heavy atom. The lowest BCUT2D eigenvalue weighted by Crippen LogP contribution is -2.19. The second-order valence-electron chi connectivity index (χ2n) is 5.32. The van der Waals surface area contributed by atoms with Gasteiger partial charge in [0.15, 0.2) is 0 Å². The van der Waals surface area contributed by atoms with Crippen LogP contribution in [-0.4, -0.2) is 21.8 Å². The number of nitrogens with zero attached hydrogens (tertiary/aromatic N) is 2. The highest BCUT2D eigenvalue weighted by atomic mass is 35.5. The fourth-order valence-electron chi connectivity index (χ4n) is 2.16. The largest absolute Gasteiger partial charge is 0.289 e. The maximum absolute atomic E-state index is 13.0. The van der Waals surface area contributed by atoms with Gasteiger partial charge in [0.2, 0.25) is 0 Å². The Kier molecular flexibility index (Phi) is 4.90. The third-order valence-electron chi connectivity index (χ3n) is 3.55. The molecule has 3 aromatic rings. The second-order valence-corrected chi connectivity index (χ2v) is 5.76. The van der Waals surface area contributed by atoms with Crippen LogP contribution >= 0.6 is 11.6 Å². The number of hydrogen-bond acceptors (Lipinski definition) is 3. The molecule has 1 aromatic heterocycles. The van der Waals surface area contributed by atoms with Crippen molar-refractivity contribution >= 4 is 23.2 Å². The molecule has 7 heteroatoms. The molecular formula is C18H14ClFN4O. The van der Waals surface area contributed by atoms with Crippen molar-refractivity contribution in [3.63, 3.8) is 0 Å². The highest BCUT2D eigenvalue weighted by molar-refractivity contribution is 6.30. The number of rotatable bonds is 4.